The van der Waals surface area contributed by atoms with Gasteiger partial charge in [0.1, 0.15) is 11.6 Å². The predicted molar refractivity (Wildman–Crippen MR) is 100 cm³/mol. The van der Waals surface area contributed by atoms with E-state index in [1.807, 2.05) is 12.1 Å². The van der Waals surface area contributed by atoms with Crippen molar-refractivity contribution in [3.8, 4) is 0 Å². The molecule has 0 saturated carbocycles. The fourth-order valence-corrected chi connectivity index (χ4v) is 4.12. The Bertz CT molecular complexity index is 1210. The van der Waals surface area contributed by atoms with Crippen LogP contribution >= 0.6 is 0 Å². The van der Waals surface area contributed by atoms with Crippen molar-refractivity contribution in [1.29, 1.82) is 0 Å². The number of furan rings is 1. The van der Waals surface area contributed by atoms with Gasteiger partial charge in [0, 0.05) is 29.8 Å². The number of carbonyl (C=O) groups is 1. The normalized spacial score (nSPS) is 21.1. The van der Waals surface area contributed by atoms with Crippen LogP contribution in [0.4, 0.5) is 5.82 Å². The van der Waals surface area contributed by atoms with E-state index in [-0.39, 0.29) is 18.1 Å². The van der Waals surface area contributed by atoms with Crippen LogP contribution in [-0.4, -0.2) is 20.7 Å². The van der Waals surface area contributed by atoms with Crippen molar-refractivity contribution in [3.05, 3.63) is 91.9 Å². The van der Waals surface area contributed by atoms with Gasteiger partial charge in [-0.15, -0.1) is 0 Å². The minimum absolute atomic E-state index is 0.0675. The maximum atomic E-state index is 13.2. The van der Waals surface area contributed by atoms with Crippen LogP contribution in [0.15, 0.2) is 68.1 Å². The van der Waals surface area contributed by atoms with Crippen LogP contribution in [0.3, 0.4) is 0 Å². The van der Waals surface area contributed by atoms with Gasteiger partial charge in [-0.25, -0.2) is 4.79 Å². The number of aromatic nitrogens is 3. The highest BCUT2D eigenvalue weighted by Gasteiger charge is 2.41. The molecule has 2 aliphatic rings. The molecule has 5 rings (SSSR count). The molecule has 0 spiro atoms. The van der Waals surface area contributed by atoms with Gasteiger partial charge in [0.05, 0.1) is 23.4 Å². The Balaban J connectivity index is 1.71. The van der Waals surface area contributed by atoms with E-state index in [2.05, 4.69) is 20.3 Å². The van der Waals surface area contributed by atoms with Crippen molar-refractivity contribution < 1.29 is 9.21 Å². The summed E-state index contributed by atoms with van der Waals surface area (Å²) in [5.41, 5.74) is 0.940. The second-order valence-corrected chi connectivity index (χ2v) is 6.95. The van der Waals surface area contributed by atoms with Crippen LogP contribution in [0.5, 0.6) is 0 Å². The molecule has 0 fully saturated rings. The van der Waals surface area contributed by atoms with Crippen molar-refractivity contribution in [3.63, 3.8) is 0 Å². The third-order valence-electron chi connectivity index (χ3n) is 5.27. The van der Waals surface area contributed by atoms with E-state index >= 15 is 0 Å². The molecule has 1 aliphatic heterocycles. The number of allylic oxidation sites excluding steroid dienone is 2. The van der Waals surface area contributed by atoms with E-state index in [9.17, 15) is 14.4 Å². The first-order valence-corrected chi connectivity index (χ1v) is 8.96. The number of hydrogen-bond acceptors (Lipinski definition) is 6. The summed E-state index contributed by atoms with van der Waals surface area (Å²) >= 11 is 0. The van der Waals surface area contributed by atoms with Crippen molar-refractivity contribution in [2.24, 2.45) is 0 Å². The molecule has 0 radical (unpaired) electrons. The minimum Gasteiger partial charge on any atom is -0.469 e. The van der Waals surface area contributed by atoms with Crippen molar-refractivity contribution >= 4 is 11.6 Å². The molecular formula is C20H16N4O4. The largest absolute Gasteiger partial charge is 0.469 e. The van der Waals surface area contributed by atoms with Crippen LogP contribution in [-0.2, 0) is 4.79 Å². The van der Waals surface area contributed by atoms with Crippen molar-refractivity contribution in [2.75, 3.05) is 5.32 Å². The fraction of sp³-hybridized carbons (Fsp3) is 0.200. The summed E-state index contributed by atoms with van der Waals surface area (Å²) in [5, 5.41) is 3.12. The topological polar surface area (TPSA) is 121 Å². The number of carbonyl (C=O) groups excluding carboxylic acids is 1. The molecule has 3 N–H and O–H groups in total. The summed E-state index contributed by atoms with van der Waals surface area (Å²) in [7, 11) is 0. The zero-order chi connectivity index (χ0) is 19.3. The Kier molecular flexibility index (Phi) is 3.65. The standard InChI is InChI=1S/C20H16N4O4/c25-13-9-10(14-5-3-7-28-14)8-12-15(13)16(11-4-1-2-6-21-11)17-18(22-12)23-20(27)24-19(17)26/h1-7,10,16H,8-9H2,(H3,22,23,24,26,27)/t10-,16-/m0/s1. The lowest BCUT2D eigenvalue weighted by atomic mass is 9.74. The molecule has 0 aromatic carbocycles. The zero-order valence-corrected chi connectivity index (χ0v) is 14.7. The van der Waals surface area contributed by atoms with E-state index in [0.717, 1.165) is 5.76 Å². The number of fused-ring (bicyclic) bond motifs is 1. The number of rotatable bonds is 2. The minimum atomic E-state index is -0.641. The van der Waals surface area contributed by atoms with E-state index in [1.54, 1.807) is 30.7 Å². The molecule has 0 bridgehead atoms. The summed E-state index contributed by atoms with van der Waals surface area (Å²) in [4.78, 5) is 46.9. The number of H-pyrrole nitrogens is 2. The Labute approximate surface area is 158 Å². The average molecular weight is 376 g/mol. The number of anilines is 1. The lowest BCUT2D eigenvalue weighted by molar-refractivity contribution is -0.116. The van der Waals surface area contributed by atoms with Crippen molar-refractivity contribution in [2.45, 2.75) is 24.7 Å². The highest BCUT2D eigenvalue weighted by molar-refractivity contribution is 6.01. The maximum absolute atomic E-state index is 13.2. The lowest BCUT2D eigenvalue weighted by Gasteiger charge is -2.34. The molecule has 8 nitrogen and oxygen atoms in total. The number of Topliss-reactive ketones (excluding diaryl/α,β-unsaturated/α-hetero) is 1. The van der Waals surface area contributed by atoms with Crippen LogP contribution in [0.25, 0.3) is 0 Å². The molecule has 0 unspecified atom stereocenters. The van der Waals surface area contributed by atoms with Gasteiger partial charge in [0.2, 0.25) is 0 Å². The third kappa shape index (κ3) is 2.53. The summed E-state index contributed by atoms with van der Waals surface area (Å²) in [6.07, 6.45) is 4.03. The van der Waals surface area contributed by atoms with Crippen LogP contribution in [0, 0.1) is 0 Å². The van der Waals surface area contributed by atoms with Crippen LogP contribution in [0.1, 0.15) is 41.7 Å². The first kappa shape index (κ1) is 16.5. The van der Waals surface area contributed by atoms with Gasteiger partial charge in [-0.1, -0.05) is 6.07 Å². The molecule has 2 atom stereocenters. The zero-order valence-electron chi connectivity index (χ0n) is 14.7. The van der Waals surface area contributed by atoms with Gasteiger partial charge >= 0.3 is 5.69 Å². The maximum Gasteiger partial charge on any atom is 0.327 e. The second kappa shape index (κ2) is 6.19. The molecule has 3 aromatic heterocycles. The van der Waals surface area contributed by atoms with Gasteiger partial charge in [-0.05, 0) is 30.7 Å². The quantitative estimate of drug-likeness (QED) is 0.629. The van der Waals surface area contributed by atoms with Gasteiger partial charge in [0.25, 0.3) is 5.56 Å². The first-order chi connectivity index (χ1) is 13.6. The SMILES string of the molecule is O=C1C[C@@H](c2ccco2)CC2=C1[C@H](c1ccccn1)c1c([nH]c(=O)[nH]c1=O)N2. The Morgan fingerprint density at radius 2 is 1.93 bits per heavy atom. The average Bonchev–Trinajstić information content (AvgIpc) is 3.21. The van der Waals surface area contributed by atoms with Gasteiger partial charge < -0.3 is 9.73 Å². The Hall–Kier alpha value is -3.68. The van der Waals surface area contributed by atoms with E-state index in [1.165, 1.54) is 0 Å². The molecule has 0 saturated heterocycles. The molecule has 140 valence electrons. The highest BCUT2D eigenvalue weighted by atomic mass is 16.3. The van der Waals surface area contributed by atoms with Crippen molar-refractivity contribution in [1.82, 2.24) is 15.0 Å². The second-order valence-electron chi connectivity index (χ2n) is 6.95. The number of ketones is 1. The molecule has 8 heteroatoms. The number of aromatic amines is 2. The van der Waals surface area contributed by atoms with Gasteiger partial charge in [0.15, 0.2) is 5.78 Å². The number of hydrogen-bond donors (Lipinski definition) is 3. The van der Waals surface area contributed by atoms with Gasteiger partial charge in [-0.2, -0.15) is 0 Å². The first-order valence-electron chi connectivity index (χ1n) is 8.96. The number of pyridine rings is 1. The molecule has 3 aromatic rings. The van der Waals surface area contributed by atoms with E-state index < -0.39 is 17.2 Å². The lowest BCUT2D eigenvalue weighted by Crippen LogP contribution is -2.37. The summed E-state index contributed by atoms with van der Waals surface area (Å²) < 4.78 is 5.49. The van der Waals surface area contributed by atoms with Crippen LogP contribution < -0.4 is 16.6 Å². The fourth-order valence-electron chi connectivity index (χ4n) is 4.12. The molecule has 0 amide bonds. The van der Waals surface area contributed by atoms with Crippen LogP contribution in [0.2, 0.25) is 0 Å². The summed E-state index contributed by atoms with van der Waals surface area (Å²) in [5.74, 6) is 0.228. The highest BCUT2D eigenvalue weighted by Crippen LogP contribution is 2.45. The Morgan fingerprint density at radius 3 is 2.68 bits per heavy atom. The molecule has 4 heterocycles. The number of nitrogens with one attached hydrogen (secondary N) is 3. The van der Waals surface area contributed by atoms with Gasteiger partial charge in [-0.3, -0.25) is 24.5 Å². The monoisotopic (exact) mass is 376 g/mol. The third-order valence-corrected chi connectivity index (χ3v) is 5.27. The Morgan fingerprint density at radius 1 is 1.04 bits per heavy atom. The predicted octanol–water partition coefficient (Wildman–Crippen LogP) is 2.01. The molecule has 28 heavy (non-hydrogen) atoms. The molecular weight excluding hydrogens is 360 g/mol. The van der Waals surface area contributed by atoms with E-state index in [4.69, 9.17) is 4.42 Å². The summed E-state index contributed by atoms with van der Waals surface area (Å²) in [6.45, 7) is 0. The smallest absolute Gasteiger partial charge is 0.327 e. The van der Waals surface area contributed by atoms with E-state index in [0.29, 0.717) is 34.8 Å². The number of nitrogens with zero attached hydrogens (tertiary/aromatic N) is 1. The molecule has 1 aliphatic carbocycles. The summed E-state index contributed by atoms with van der Waals surface area (Å²) in [6, 6.07) is 9.00.